The molecule has 0 aliphatic rings. The van der Waals surface area contributed by atoms with Crippen molar-refractivity contribution in [3.63, 3.8) is 0 Å². The van der Waals surface area contributed by atoms with Gasteiger partial charge in [0.05, 0.1) is 18.9 Å². The lowest BCUT2D eigenvalue weighted by Crippen LogP contribution is -2.35. The zero-order chi connectivity index (χ0) is 20.6. The molecule has 0 aliphatic heterocycles. The Morgan fingerprint density at radius 1 is 0.966 bits per heavy atom. The van der Waals surface area contributed by atoms with E-state index in [0.717, 1.165) is 16.7 Å². The Kier molecular flexibility index (Phi) is 7.00. The van der Waals surface area contributed by atoms with Gasteiger partial charge in [0.15, 0.2) is 0 Å². The molecule has 2 atom stereocenters. The number of hydrogen-bond acceptors (Lipinski definition) is 4. The van der Waals surface area contributed by atoms with Gasteiger partial charge < -0.3 is 15.2 Å². The number of hydrogen-bond donors (Lipinski definition) is 3. The van der Waals surface area contributed by atoms with E-state index in [1.807, 2.05) is 85.8 Å². The van der Waals surface area contributed by atoms with Crippen LogP contribution >= 0.6 is 0 Å². The third kappa shape index (κ3) is 5.44. The topological polar surface area (TPSA) is 70.6 Å². The van der Waals surface area contributed by atoms with Crippen molar-refractivity contribution in [2.45, 2.75) is 19.1 Å². The maximum absolute atomic E-state index is 13.1. The number of carbonyl (C=O) groups excluding carboxylic acids is 1. The standard InChI is InChI=1S/C24H26N2O3/c1-17-13-14-22(29-2)20(15-17)26-24(28)23(19-11-7-4-8-12-19)25-16-21(27)18-9-5-3-6-10-18/h3-15,21,23,25,27H,16H2,1-2H3,(H,26,28)/t21-,23+/m1/s1. The van der Waals surface area contributed by atoms with Gasteiger partial charge >= 0.3 is 0 Å². The van der Waals surface area contributed by atoms with Gasteiger partial charge in [-0.05, 0) is 35.7 Å². The Morgan fingerprint density at radius 3 is 2.21 bits per heavy atom. The van der Waals surface area contributed by atoms with E-state index in [1.54, 1.807) is 7.11 Å². The van der Waals surface area contributed by atoms with Gasteiger partial charge in [0.1, 0.15) is 11.8 Å². The van der Waals surface area contributed by atoms with Crippen LogP contribution in [0.3, 0.4) is 0 Å². The molecule has 0 aromatic heterocycles. The summed E-state index contributed by atoms with van der Waals surface area (Å²) in [5.41, 5.74) is 3.25. The smallest absolute Gasteiger partial charge is 0.246 e. The second-order valence-electron chi connectivity index (χ2n) is 6.87. The Hall–Kier alpha value is -3.15. The van der Waals surface area contributed by atoms with Gasteiger partial charge in [-0.2, -0.15) is 0 Å². The molecule has 0 spiro atoms. The van der Waals surface area contributed by atoms with Crippen LogP contribution in [0.5, 0.6) is 5.75 Å². The van der Waals surface area contributed by atoms with Gasteiger partial charge in [0.25, 0.3) is 0 Å². The number of ether oxygens (including phenoxy) is 1. The molecule has 0 fully saturated rings. The molecule has 3 aromatic rings. The van der Waals surface area contributed by atoms with Crippen molar-refractivity contribution in [3.8, 4) is 5.75 Å². The first-order valence-corrected chi connectivity index (χ1v) is 9.55. The van der Waals surface area contributed by atoms with Gasteiger partial charge in [0, 0.05) is 6.54 Å². The van der Waals surface area contributed by atoms with Crippen LogP contribution < -0.4 is 15.4 Å². The fraction of sp³-hybridized carbons (Fsp3) is 0.208. The van der Waals surface area contributed by atoms with Crippen molar-refractivity contribution in [3.05, 3.63) is 95.6 Å². The average Bonchev–Trinajstić information content (AvgIpc) is 2.75. The highest BCUT2D eigenvalue weighted by molar-refractivity contribution is 5.96. The van der Waals surface area contributed by atoms with E-state index in [0.29, 0.717) is 11.4 Å². The molecule has 0 aliphatic carbocycles. The predicted molar refractivity (Wildman–Crippen MR) is 115 cm³/mol. The number of rotatable bonds is 8. The summed E-state index contributed by atoms with van der Waals surface area (Å²) in [7, 11) is 1.57. The number of nitrogens with one attached hydrogen (secondary N) is 2. The SMILES string of the molecule is COc1ccc(C)cc1NC(=O)[C@@H](NC[C@@H](O)c1ccccc1)c1ccccc1. The van der Waals surface area contributed by atoms with Crippen molar-refractivity contribution in [2.75, 3.05) is 19.0 Å². The van der Waals surface area contributed by atoms with Gasteiger partial charge in [-0.25, -0.2) is 0 Å². The Morgan fingerprint density at radius 2 is 1.59 bits per heavy atom. The van der Waals surface area contributed by atoms with Crippen molar-refractivity contribution >= 4 is 11.6 Å². The lowest BCUT2D eigenvalue weighted by molar-refractivity contribution is -0.118. The lowest BCUT2D eigenvalue weighted by Gasteiger charge is -2.22. The highest BCUT2D eigenvalue weighted by Crippen LogP contribution is 2.27. The molecular formula is C24H26N2O3. The van der Waals surface area contributed by atoms with Crippen molar-refractivity contribution in [1.29, 1.82) is 0 Å². The van der Waals surface area contributed by atoms with E-state index >= 15 is 0 Å². The normalized spacial score (nSPS) is 12.8. The van der Waals surface area contributed by atoms with Crippen LogP contribution in [0.2, 0.25) is 0 Å². The second kappa shape index (κ2) is 9.87. The summed E-state index contributed by atoms with van der Waals surface area (Å²) in [6, 6.07) is 23.8. The zero-order valence-corrected chi connectivity index (χ0v) is 16.6. The minimum absolute atomic E-state index is 0.222. The van der Waals surface area contributed by atoms with Gasteiger partial charge in [-0.15, -0.1) is 0 Å². The minimum atomic E-state index is -0.719. The Balaban J connectivity index is 1.79. The maximum Gasteiger partial charge on any atom is 0.246 e. The summed E-state index contributed by atoms with van der Waals surface area (Å²) in [6.45, 7) is 2.19. The molecule has 5 heteroatoms. The van der Waals surface area contributed by atoms with E-state index in [2.05, 4.69) is 10.6 Å². The van der Waals surface area contributed by atoms with Crippen LogP contribution in [-0.2, 0) is 4.79 Å². The first kappa shape index (κ1) is 20.6. The third-order valence-corrected chi connectivity index (χ3v) is 4.71. The largest absolute Gasteiger partial charge is 0.495 e. The molecule has 0 unspecified atom stereocenters. The van der Waals surface area contributed by atoms with E-state index in [-0.39, 0.29) is 12.5 Å². The molecule has 3 rings (SSSR count). The van der Waals surface area contributed by atoms with Crippen LogP contribution in [0.15, 0.2) is 78.9 Å². The van der Waals surface area contributed by atoms with Crippen molar-refractivity contribution < 1.29 is 14.6 Å². The van der Waals surface area contributed by atoms with Gasteiger partial charge in [-0.1, -0.05) is 66.7 Å². The van der Waals surface area contributed by atoms with Crippen LogP contribution in [0.1, 0.15) is 28.8 Å². The lowest BCUT2D eigenvalue weighted by atomic mass is 10.0. The van der Waals surface area contributed by atoms with Gasteiger partial charge in [0.2, 0.25) is 5.91 Å². The molecule has 0 bridgehead atoms. The van der Waals surface area contributed by atoms with Crippen molar-refractivity contribution in [2.24, 2.45) is 0 Å². The van der Waals surface area contributed by atoms with Crippen LogP contribution in [-0.4, -0.2) is 24.7 Å². The van der Waals surface area contributed by atoms with Crippen molar-refractivity contribution in [1.82, 2.24) is 5.32 Å². The molecule has 5 nitrogen and oxygen atoms in total. The summed E-state index contributed by atoms with van der Waals surface area (Å²) in [5.74, 6) is 0.375. The Labute approximate surface area is 171 Å². The molecule has 29 heavy (non-hydrogen) atoms. The van der Waals surface area contributed by atoms with E-state index in [1.165, 1.54) is 0 Å². The predicted octanol–water partition coefficient (Wildman–Crippen LogP) is 4.01. The van der Waals surface area contributed by atoms with E-state index in [4.69, 9.17) is 4.74 Å². The summed E-state index contributed by atoms with van der Waals surface area (Å²) in [5, 5.41) is 16.7. The number of carbonyl (C=O) groups is 1. The number of amides is 1. The summed E-state index contributed by atoms with van der Waals surface area (Å²) in [4.78, 5) is 13.1. The summed E-state index contributed by atoms with van der Waals surface area (Å²) >= 11 is 0. The highest BCUT2D eigenvalue weighted by atomic mass is 16.5. The second-order valence-corrected chi connectivity index (χ2v) is 6.87. The quantitative estimate of drug-likeness (QED) is 0.544. The molecule has 150 valence electrons. The first-order valence-electron chi connectivity index (χ1n) is 9.55. The molecular weight excluding hydrogens is 364 g/mol. The fourth-order valence-electron chi connectivity index (χ4n) is 3.15. The van der Waals surface area contributed by atoms with Crippen LogP contribution in [0.25, 0.3) is 0 Å². The number of anilines is 1. The number of aryl methyl sites for hydroxylation is 1. The third-order valence-electron chi connectivity index (χ3n) is 4.71. The molecule has 3 N–H and O–H groups in total. The maximum atomic E-state index is 13.1. The summed E-state index contributed by atoms with van der Waals surface area (Å²) in [6.07, 6.45) is -0.719. The van der Waals surface area contributed by atoms with Crippen LogP contribution in [0, 0.1) is 6.92 Å². The molecule has 3 aromatic carbocycles. The number of benzene rings is 3. The Bertz CT molecular complexity index is 929. The minimum Gasteiger partial charge on any atom is -0.495 e. The zero-order valence-electron chi connectivity index (χ0n) is 16.6. The van der Waals surface area contributed by atoms with E-state index < -0.39 is 12.1 Å². The van der Waals surface area contributed by atoms with E-state index in [9.17, 15) is 9.90 Å². The highest BCUT2D eigenvalue weighted by Gasteiger charge is 2.22. The monoisotopic (exact) mass is 390 g/mol. The number of aliphatic hydroxyl groups is 1. The summed E-state index contributed by atoms with van der Waals surface area (Å²) < 4.78 is 5.37. The molecule has 0 saturated heterocycles. The van der Waals surface area contributed by atoms with Crippen LogP contribution in [0.4, 0.5) is 5.69 Å². The number of aliphatic hydroxyl groups excluding tert-OH is 1. The molecule has 0 heterocycles. The molecule has 0 saturated carbocycles. The average molecular weight is 390 g/mol. The molecule has 0 radical (unpaired) electrons. The number of methoxy groups -OCH3 is 1. The molecule has 1 amide bonds. The van der Waals surface area contributed by atoms with Gasteiger partial charge in [-0.3, -0.25) is 10.1 Å². The first-order chi connectivity index (χ1) is 14.1. The fourth-order valence-corrected chi connectivity index (χ4v) is 3.15.